The minimum absolute atomic E-state index is 0.0134. The van der Waals surface area contributed by atoms with Gasteiger partial charge in [-0.1, -0.05) is 0 Å². The van der Waals surface area contributed by atoms with E-state index in [0.29, 0.717) is 0 Å². The van der Waals surface area contributed by atoms with E-state index in [9.17, 15) is 13.2 Å². The van der Waals surface area contributed by atoms with Crippen LogP contribution in [0.5, 0.6) is 17.2 Å². The summed E-state index contributed by atoms with van der Waals surface area (Å²) in [6.07, 6.45) is 0. The van der Waals surface area contributed by atoms with Crippen molar-refractivity contribution in [1.29, 1.82) is 5.26 Å². The first-order valence-corrected chi connectivity index (χ1v) is 5.91. The van der Waals surface area contributed by atoms with Crippen LogP contribution in [0.4, 0.5) is 13.2 Å². The van der Waals surface area contributed by atoms with E-state index in [1.807, 2.05) is 6.07 Å². The summed E-state index contributed by atoms with van der Waals surface area (Å²) in [5, 5.41) is 9.07. The first-order valence-electron chi connectivity index (χ1n) is 5.91. The largest absolute Gasteiger partial charge is 0.491 e. The molecule has 0 heterocycles. The molecule has 0 radical (unpaired) electrons. The van der Waals surface area contributed by atoms with Gasteiger partial charge in [-0.2, -0.15) is 5.26 Å². The Balaban J connectivity index is 3.06. The summed E-state index contributed by atoms with van der Waals surface area (Å²) >= 11 is 0. The molecule has 1 aromatic rings. The zero-order valence-electron chi connectivity index (χ0n) is 10.7. The average molecular weight is 289 g/mol. The second-order valence-corrected chi connectivity index (χ2v) is 3.52. The van der Waals surface area contributed by atoms with Crippen molar-refractivity contribution in [2.45, 2.75) is 0 Å². The Bertz CT molecular complexity index is 434. The molecule has 0 aliphatic rings. The Morgan fingerprint density at radius 2 is 1.30 bits per heavy atom. The number of rotatable bonds is 9. The molecule has 1 aromatic carbocycles. The third-order valence-corrected chi connectivity index (χ3v) is 2.17. The Labute approximate surface area is 114 Å². The number of nitrogens with zero attached hydrogens (tertiary/aromatic N) is 1. The Kier molecular flexibility index (Phi) is 7.11. The van der Waals surface area contributed by atoms with Gasteiger partial charge in [-0.05, 0) is 0 Å². The van der Waals surface area contributed by atoms with Crippen molar-refractivity contribution in [2.24, 2.45) is 0 Å². The lowest BCUT2D eigenvalue weighted by Crippen LogP contribution is -2.06. The molecule has 20 heavy (non-hydrogen) atoms. The lowest BCUT2D eigenvalue weighted by Gasteiger charge is -2.14. The maximum Gasteiger partial charge on any atom is 0.144 e. The van der Waals surface area contributed by atoms with Gasteiger partial charge in [0, 0.05) is 12.1 Å². The summed E-state index contributed by atoms with van der Waals surface area (Å²) in [6, 6.07) is 4.52. The topological polar surface area (TPSA) is 51.5 Å². The van der Waals surface area contributed by atoms with Gasteiger partial charge in [0.25, 0.3) is 0 Å². The SMILES string of the molecule is N#Cc1c(OCCF)cc(OCCF)cc1OCCF. The normalized spacial score (nSPS) is 9.90. The molecule has 0 saturated heterocycles. The van der Waals surface area contributed by atoms with Crippen molar-refractivity contribution < 1.29 is 27.4 Å². The molecule has 0 N–H and O–H groups in total. The van der Waals surface area contributed by atoms with Gasteiger partial charge in [0.05, 0.1) is 0 Å². The second kappa shape index (κ2) is 8.91. The van der Waals surface area contributed by atoms with Gasteiger partial charge in [0.2, 0.25) is 0 Å². The quantitative estimate of drug-likeness (QED) is 0.701. The number of nitriles is 1. The van der Waals surface area contributed by atoms with E-state index in [-0.39, 0.29) is 42.6 Å². The van der Waals surface area contributed by atoms with Crippen molar-refractivity contribution in [3.63, 3.8) is 0 Å². The van der Waals surface area contributed by atoms with Gasteiger partial charge in [-0.3, -0.25) is 0 Å². The monoisotopic (exact) mass is 289 g/mol. The molecule has 0 fully saturated rings. The van der Waals surface area contributed by atoms with E-state index in [4.69, 9.17) is 19.5 Å². The highest BCUT2D eigenvalue weighted by Crippen LogP contribution is 2.33. The van der Waals surface area contributed by atoms with Gasteiger partial charge < -0.3 is 14.2 Å². The maximum absolute atomic E-state index is 12.2. The molecule has 0 unspecified atom stereocenters. The molecule has 0 spiro atoms. The molecular formula is C13H14F3NO3. The molecule has 0 amide bonds. The highest BCUT2D eigenvalue weighted by molar-refractivity contribution is 5.57. The molecule has 0 saturated carbocycles. The fourth-order valence-corrected chi connectivity index (χ4v) is 1.44. The summed E-state index contributed by atoms with van der Waals surface area (Å²) in [7, 11) is 0. The second-order valence-electron chi connectivity index (χ2n) is 3.52. The van der Waals surface area contributed by atoms with E-state index >= 15 is 0 Å². The van der Waals surface area contributed by atoms with E-state index in [1.165, 1.54) is 12.1 Å². The first-order chi connectivity index (χ1) is 9.76. The molecular weight excluding hydrogens is 275 g/mol. The Morgan fingerprint density at radius 1 is 0.850 bits per heavy atom. The van der Waals surface area contributed by atoms with Gasteiger partial charge >= 0.3 is 0 Å². The number of ether oxygens (including phenoxy) is 3. The van der Waals surface area contributed by atoms with Crippen LogP contribution in [0.25, 0.3) is 0 Å². The summed E-state index contributed by atoms with van der Waals surface area (Å²) in [5.41, 5.74) is 0.0134. The van der Waals surface area contributed by atoms with Gasteiger partial charge in [0.15, 0.2) is 0 Å². The fraction of sp³-hybridized carbons (Fsp3) is 0.462. The van der Waals surface area contributed by atoms with Crippen LogP contribution in [0.2, 0.25) is 0 Å². The van der Waals surface area contributed by atoms with Crippen molar-refractivity contribution in [2.75, 3.05) is 39.8 Å². The van der Waals surface area contributed by atoms with E-state index in [2.05, 4.69) is 0 Å². The number of benzene rings is 1. The van der Waals surface area contributed by atoms with E-state index in [0.717, 1.165) is 0 Å². The summed E-state index contributed by atoms with van der Waals surface area (Å²) in [4.78, 5) is 0. The summed E-state index contributed by atoms with van der Waals surface area (Å²) in [6.45, 7) is -2.84. The first kappa shape index (κ1) is 16.0. The van der Waals surface area contributed by atoms with Crippen LogP contribution < -0.4 is 14.2 Å². The Hall–Kier alpha value is -2.10. The van der Waals surface area contributed by atoms with E-state index < -0.39 is 20.0 Å². The van der Waals surface area contributed by atoms with Gasteiger partial charge in [-0.15, -0.1) is 0 Å². The van der Waals surface area contributed by atoms with Crippen LogP contribution in [-0.4, -0.2) is 39.8 Å². The molecule has 7 heteroatoms. The predicted octanol–water partition coefficient (Wildman–Crippen LogP) is 2.60. The van der Waals surface area contributed by atoms with Crippen LogP contribution in [0.1, 0.15) is 5.56 Å². The molecule has 0 bridgehead atoms. The van der Waals surface area contributed by atoms with Crippen LogP contribution in [0.15, 0.2) is 12.1 Å². The summed E-state index contributed by atoms with van der Waals surface area (Å²) < 4.78 is 51.6. The summed E-state index contributed by atoms with van der Waals surface area (Å²) in [5.74, 6) is 0.301. The van der Waals surface area contributed by atoms with Crippen LogP contribution in [-0.2, 0) is 0 Å². The lowest BCUT2D eigenvalue weighted by molar-refractivity contribution is 0.249. The molecule has 0 aromatic heterocycles. The van der Waals surface area contributed by atoms with Gasteiger partial charge in [0.1, 0.15) is 68.7 Å². The molecule has 0 atom stereocenters. The van der Waals surface area contributed by atoms with Crippen LogP contribution in [0.3, 0.4) is 0 Å². The fourth-order valence-electron chi connectivity index (χ4n) is 1.44. The highest BCUT2D eigenvalue weighted by atomic mass is 19.1. The zero-order valence-corrected chi connectivity index (χ0v) is 10.7. The molecule has 4 nitrogen and oxygen atoms in total. The lowest BCUT2D eigenvalue weighted by atomic mass is 10.2. The Morgan fingerprint density at radius 3 is 1.70 bits per heavy atom. The van der Waals surface area contributed by atoms with Crippen molar-refractivity contribution in [1.82, 2.24) is 0 Å². The van der Waals surface area contributed by atoms with Crippen molar-refractivity contribution in [3.05, 3.63) is 17.7 Å². The smallest absolute Gasteiger partial charge is 0.144 e. The molecule has 0 aliphatic carbocycles. The number of alkyl halides is 3. The molecule has 0 aliphatic heterocycles. The molecule has 1 rings (SSSR count). The van der Waals surface area contributed by atoms with E-state index in [1.54, 1.807) is 0 Å². The van der Waals surface area contributed by atoms with Gasteiger partial charge in [-0.25, -0.2) is 13.2 Å². The average Bonchev–Trinajstić information content (AvgIpc) is 2.48. The third kappa shape index (κ3) is 4.53. The third-order valence-electron chi connectivity index (χ3n) is 2.17. The highest BCUT2D eigenvalue weighted by Gasteiger charge is 2.14. The standard InChI is InChI=1S/C13H14F3NO3/c14-1-4-18-10-7-12(19-5-2-15)11(9-17)13(8-10)20-6-3-16/h7-8H,1-6H2. The van der Waals surface area contributed by atoms with Crippen molar-refractivity contribution in [3.8, 4) is 23.3 Å². The number of hydrogen-bond acceptors (Lipinski definition) is 4. The minimum Gasteiger partial charge on any atom is -0.491 e. The van der Waals surface area contributed by atoms with Crippen molar-refractivity contribution >= 4 is 0 Å². The van der Waals surface area contributed by atoms with Crippen LogP contribution in [0, 0.1) is 11.3 Å². The number of halogens is 3. The predicted molar refractivity (Wildman–Crippen MR) is 65.6 cm³/mol. The molecule has 110 valence electrons. The van der Waals surface area contributed by atoms with Crippen LogP contribution >= 0.6 is 0 Å². The minimum atomic E-state index is -0.735. The maximum atomic E-state index is 12.2. The zero-order chi connectivity index (χ0) is 14.8. The number of hydrogen-bond donors (Lipinski definition) is 0.